The first-order valence-electron chi connectivity index (χ1n) is 8.21. The molecule has 0 saturated carbocycles. The maximum Gasteiger partial charge on any atom is 0.00926 e. The normalized spacial score (nSPS) is 33.0. The molecule has 2 saturated heterocycles. The minimum atomic E-state index is 0.801. The summed E-state index contributed by atoms with van der Waals surface area (Å²) >= 11 is 0. The van der Waals surface area contributed by atoms with Crippen molar-refractivity contribution in [2.75, 3.05) is 19.6 Å². The molecule has 2 unspecified atom stereocenters. The summed E-state index contributed by atoms with van der Waals surface area (Å²) in [5.74, 6) is 2.71. The third-order valence-electron chi connectivity index (χ3n) is 5.25. The van der Waals surface area contributed by atoms with Gasteiger partial charge in [-0.1, -0.05) is 26.7 Å². The Bertz CT molecular complexity index is 193. The van der Waals surface area contributed by atoms with Gasteiger partial charge in [-0.2, -0.15) is 0 Å². The van der Waals surface area contributed by atoms with E-state index in [0.29, 0.717) is 0 Å². The molecule has 0 aromatic heterocycles. The average molecular weight is 252 g/mol. The Labute approximate surface area is 113 Å². The van der Waals surface area contributed by atoms with E-state index in [2.05, 4.69) is 24.5 Å². The van der Waals surface area contributed by atoms with Gasteiger partial charge in [0.1, 0.15) is 0 Å². The smallest absolute Gasteiger partial charge is 0.00926 e. The lowest BCUT2D eigenvalue weighted by Crippen LogP contribution is -2.39. The molecule has 0 aromatic carbocycles. The predicted octanol–water partition coefficient (Wildman–Crippen LogP) is 3.18. The van der Waals surface area contributed by atoms with E-state index < -0.39 is 0 Å². The van der Waals surface area contributed by atoms with Crippen LogP contribution in [0.4, 0.5) is 0 Å². The van der Waals surface area contributed by atoms with Crippen LogP contribution >= 0.6 is 0 Å². The molecule has 18 heavy (non-hydrogen) atoms. The van der Waals surface area contributed by atoms with Crippen LogP contribution in [0.15, 0.2) is 0 Å². The molecule has 2 nitrogen and oxygen atoms in total. The van der Waals surface area contributed by atoms with Crippen LogP contribution in [0.5, 0.6) is 0 Å². The topological polar surface area (TPSA) is 24.1 Å². The van der Waals surface area contributed by atoms with E-state index in [1.807, 2.05) is 0 Å². The Morgan fingerprint density at radius 1 is 0.944 bits per heavy atom. The van der Waals surface area contributed by atoms with E-state index in [1.165, 1.54) is 64.6 Å². The second-order valence-corrected chi connectivity index (χ2v) is 6.69. The number of piperidine rings is 2. The van der Waals surface area contributed by atoms with Gasteiger partial charge in [0.25, 0.3) is 0 Å². The third-order valence-corrected chi connectivity index (χ3v) is 5.25. The highest BCUT2D eigenvalue weighted by Gasteiger charge is 2.23. The van der Waals surface area contributed by atoms with Gasteiger partial charge in [0.05, 0.1) is 0 Å². The molecule has 4 atom stereocenters. The van der Waals surface area contributed by atoms with E-state index in [9.17, 15) is 0 Å². The second-order valence-electron chi connectivity index (χ2n) is 6.69. The van der Waals surface area contributed by atoms with Crippen molar-refractivity contribution in [2.45, 2.75) is 64.8 Å². The van der Waals surface area contributed by atoms with Crippen molar-refractivity contribution in [3.05, 3.63) is 0 Å². The van der Waals surface area contributed by atoms with Gasteiger partial charge in [-0.25, -0.2) is 0 Å². The van der Waals surface area contributed by atoms with Crippen LogP contribution in [-0.4, -0.2) is 25.7 Å². The molecule has 106 valence electrons. The molecule has 0 bridgehead atoms. The van der Waals surface area contributed by atoms with Gasteiger partial charge in [-0.05, 0) is 69.5 Å². The summed E-state index contributed by atoms with van der Waals surface area (Å²) in [7, 11) is 0. The van der Waals surface area contributed by atoms with Gasteiger partial charge >= 0.3 is 0 Å². The lowest BCUT2D eigenvalue weighted by atomic mass is 9.81. The van der Waals surface area contributed by atoms with Crippen molar-refractivity contribution >= 4 is 0 Å². The lowest BCUT2D eigenvalue weighted by Gasteiger charge is -2.32. The number of hydrogen-bond acceptors (Lipinski definition) is 2. The Morgan fingerprint density at radius 2 is 1.78 bits per heavy atom. The molecule has 2 N–H and O–H groups in total. The van der Waals surface area contributed by atoms with Crippen molar-refractivity contribution in [1.82, 2.24) is 10.6 Å². The highest BCUT2D eigenvalue weighted by Crippen LogP contribution is 2.27. The molecule has 2 heterocycles. The highest BCUT2D eigenvalue weighted by molar-refractivity contribution is 4.79. The fourth-order valence-electron chi connectivity index (χ4n) is 3.69. The summed E-state index contributed by atoms with van der Waals surface area (Å²) in [6, 6.07) is 0.801. The molecule has 0 amide bonds. The molecule has 2 rings (SSSR count). The number of rotatable bonds is 5. The summed E-state index contributed by atoms with van der Waals surface area (Å²) in [5.41, 5.74) is 0. The zero-order valence-corrected chi connectivity index (χ0v) is 12.4. The monoisotopic (exact) mass is 252 g/mol. The minimum absolute atomic E-state index is 0.801. The summed E-state index contributed by atoms with van der Waals surface area (Å²) < 4.78 is 0. The second kappa shape index (κ2) is 7.49. The highest BCUT2D eigenvalue weighted by atomic mass is 14.9. The first-order chi connectivity index (χ1) is 8.77. The van der Waals surface area contributed by atoms with Crippen LogP contribution < -0.4 is 10.6 Å². The van der Waals surface area contributed by atoms with Gasteiger partial charge in [0, 0.05) is 6.04 Å². The van der Waals surface area contributed by atoms with Crippen molar-refractivity contribution in [1.29, 1.82) is 0 Å². The van der Waals surface area contributed by atoms with Gasteiger partial charge in [0.2, 0.25) is 0 Å². The van der Waals surface area contributed by atoms with Crippen molar-refractivity contribution in [3.8, 4) is 0 Å². The molecule has 2 aliphatic heterocycles. The van der Waals surface area contributed by atoms with Crippen LogP contribution in [-0.2, 0) is 0 Å². The molecule has 2 fully saturated rings. The third kappa shape index (κ3) is 4.24. The van der Waals surface area contributed by atoms with Crippen LogP contribution in [0.2, 0.25) is 0 Å². The zero-order chi connectivity index (χ0) is 12.8. The van der Waals surface area contributed by atoms with Gasteiger partial charge < -0.3 is 10.6 Å². The molecule has 2 aliphatic rings. The quantitative estimate of drug-likeness (QED) is 0.785. The van der Waals surface area contributed by atoms with Crippen molar-refractivity contribution < 1.29 is 0 Å². The van der Waals surface area contributed by atoms with E-state index in [1.54, 1.807) is 0 Å². The number of hydrogen-bond donors (Lipinski definition) is 2. The van der Waals surface area contributed by atoms with E-state index >= 15 is 0 Å². The Morgan fingerprint density at radius 3 is 2.44 bits per heavy atom. The SMILES string of the molecule is CC(CCC(C)[C@H]1CCCCN1)[C@H]1CCCNC1. The Balaban J connectivity index is 1.66. The molecule has 0 spiro atoms. The summed E-state index contributed by atoms with van der Waals surface area (Å²) in [5, 5.41) is 7.26. The fourth-order valence-corrected chi connectivity index (χ4v) is 3.69. The van der Waals surface area contributed by atoms with Crippen LogP contribution in [0.25, 0.3) is 0 Å². The van der Waals surface area contributed by atoms with Crippen LogP contribution in [0.3, 0.4) is 0 Å². The van der Waals surface area contributed by atoms with Crippen LogP contribution in [0, 0.1) is 17.8 Å². The molecule has 0 aromatic rings. The van der Waals surface area contributed by atoms with Crippen molar-refractivity contribution in [3.63, 3.8) is 0 Å². The lowest BCUT2D eigenvalue weighted by molar-refractivity contribution is 0.233. The molecular formula is C16H32N2. The summed E-state index contributed by atoms with van der Waals surface area (Å²) in [6.45, 7) is 8.67. The molecular weight excluding hydrogens is 220 g/mol. The van der Waals surface area contributed by atoms with Gasteiger partial charge in [0.15, 0.2) is 0 Å². The first-order valence-corrected chi connectivity index (χ1v) is 8.21. The summed E-state index contributed by atoms with van der Waals surface area (Å²) in [4.78, 5) is 0. The zero-order valence-electron chi connectivity index (χ0n) is 12.4. The maximum atomic E-state index is 3.71. The largest absolute Gasteiger partial charge is 0.316 e. The summed E-state index contributed by atoms with van der Waals surface area (Å²) in [6.07, 6.45) is 9.89. The molecule has 2 heteroatoms. The fraction of sp³-hybridized carbons (Fsp3) is 1.00. The maximum absolute atomic E-state index is 3.71. The first kappa shape index (κ1) is 14.3. The Kier molecular flexibility index (Phi) is 5.97. The predicted molar refractivity (Wildman–Crippen MR) is 78.8 cm³/mol. The van der Waals surface area contributed by atoms with E-state index in [-0.39, 0.29) is 0 Å². The van der Waals surface area contributed by atoms with Crippen LogP contribution in [0.1, 0.15) is 58.8 Å². The standard InChI is InChI=1S/C16H32N2/c1-13(15-6-5-10-17-12-15)8-9-14(2)16-7-3-4-11-18-16/h13-18H,3-12H2,1-2H3/t13?,14?,15-,16+/m0/s1. The molecule has 0 radical (unpaired) electrons. The average Bonchev–Trinajstić information content (AvgIpc) is 2.46. The van der Waals surface area contributed by atoms with E-state index in [0.717, 1.165) is 23.8 Å². The van der Waals surface area contributed by atoms with Gasteiger partial charge in [-0.15, -0.1) is 0 Å². The van der Waals surface area contributed by atoms with Gasteiger partial charge in [-0.3, -0.25) is 0 Å². The minimum Gasteiger partial charge on any atom is -0.316 e. The Hall–Kier alpha value is -0.0800. The van der Waals surface area contributed by atoms with E-state index in [4.69, 9.17) is 0 Å². The molecule has 0 aliphatic carbocycles. The number of nitrogens with one attached hydrogen (secondary N) is 2. The van der Waals surface area contributed by atoms with Crippen molar-refractivity contribution in [2.24, 2.45) is 17.8 Å².